The number of hydrogen-bond acceptors (Lipinski definition) is 3. The molecule has 0 N–H and O–H groups in total. The zero-order chi connectivity index (χ0) is 9.97. The van der Waals surface area contributed by atoms with Crippen molar-refractivity contribution in [2.45, 2.75) is 32.3 Å². The molecule has 0 radical (unpaired) electrons. The van der Waals surface area contributed by atoms with Gasteiger partial charge >= 0.3 is 0 Å². The first-order valence-corrected chi connectivity index (χ1v) is 5.25. The minimum Gasteiger partial charge on any atom is -0.501 e. The first-order valence-electron chi connectivity index (χ1n) is 5.25. The Morgan fingerprint density at radius 2 is 2.36 bits per heavy atom. The molecule has 0 aliphatic carbocycles. The predicted octanol–water partition coefficient (Wildman–Crippen LogP) is 1.67. The summed E-state index contributed by atoms with van der Waals surface area (Å²) >= 11 is 0. The van der Waals surface area contributed by atoms with E-state index in [4.69, 9.17) is 9.47 Å². The molecule has 2 aliphatic heterocycles. The standard InChI is InChI=1S/C11H16O3/c1-8-10(4-6-14-8)11(12)9-3-2-5-13-7-9/h7-8,10H,2-6H2,1H3. The van der Waals surface area contributed by atoms with Crippen molar-refractivity contribution in [1.29, 1.82) is 0 Å². The number of allylic oxidation sites excluding steroid dienone is 1. The van der Waals surface area contributed by atoms with E-state index in [0.717, 1.165) is 31.4 Å². The molecule has 2 rings (SSSR count). The summed E-state index contributed by atoms with van der Waals surface area (Å²) in [7, 11) is 0. The van der Waals surface area contributed by atoms with E-state index in [1.807, 2.05) is 6.92 Å². The van der Waals surface area contributed by atoms with Crippen LogP contribution in [0.4, 0.5) is 0 Å². The first-order chi connectivity index (χ1) is 6.79. The van der Waals surface area contributed by atoms with Crippen molar-refractivity contribution >= 4 is 5.78 Å². The third-order valence-electron chi connectivity index (χ3n) is 2.96. The maximum atomic E-state index is 12.0. The number of carbonyl (C=O) groups is 1. The predicted molar refractivity (Wildman–Crippen MR) is 51.8 cm³/mol. The van der Waals surface area contributed by atoms with Crippen LogP contribution in [0.1, 0.15) is 26.2 Å². The maximum Gasteiger partial charge on any atom is 0.167 e. The SMILES string of the molecule is CC1OCCC1C(=O)C1=COCCC1. The highest BCUT2D eigenvalue weighted by Crippen LogP contribution is 2.26. The third kappa shape index (κ3) is 1.82. The molecular formula is C11H16O3. The molecule has 2 unspecified atom stereocenters. The van der Waals surface area contributed by atoms with Crippen molar-refractivity contribution in [2.24, 2.45) is 5.92 Å². The molecule has 3 nitrogen and oxygen atoms in total. The van der Waals surface area contributed by atoms with Gasteiger partial charge in [0, 0.05) is 12.2 Å². The normalized spacial score (nSPS) is 32.2. The van der Waals surface area contributed by atoms with Crippen LogP contribution in [0.5, 0.6) is 0 Å². The van der Waals surface area contributed by atoms with E-state index in [1.165, 1.54) is 0 Å². The summed E-state index contributed by atoms with van der Waals surface area (Å²) in [6.07, 6.45) is 4.39. The third-order valence-corrected chi connectivity index (χ3v) is 2.96. The van der Waals surface area contributed by atoms with Crippen LogP contribution in [-0.4, -0.2) is 25.1 Å². The van der Waals surface area contributed by atoms with Crippen molar-refractivity contribution in [3.63, 3.8) is 0 Å². The molecule has 0 aromatic rings. The Morgan fingerprint density at radius 3 is 2.93 bits per heavy atom. The van der Waals surface area contributed by atoms with Gasteiger partial charge in [-0.05, 0) is 26.2 Å². The number of ketones is 1. The number of hydrogen-bond donors (Lipinski definition) is 0. The van der Waals surface area contributed by atoms with Gasteiger partial charge < -0.3 is 9.47 Å². The van der Waals surface area contributed by atoms with Crippen LogP contribution in [0.3, 0.4) is 0 Å². The summed E-state index contributed by atoms with van der Waals surface area (Å²) in [6.45, 7) is 3.43. The van der Waals surface area contributed by atoms with E-state index in [1.54, 1.807) is 6.26 Å². The second-order valence-electron chi connectivity index (χ2n) is 3.95. The van der Waals surface area contributed by atoms with Crippen LogP contribution >= 0.6 is 0 Å². The number of carbonyl (C=O) groups excluding carboxylic acids is 1. The molecule has 0 saturated carbocycles. The van der Waals surface area contributed by atoms with E-state index in [0.29, 0.717) is 6.61 Å². The van der Waals surface area contributed by atoms with Gasteiger partial charge in [0.15, 0.2) is 5.78 Å². The van der Waals surface area contributed by atoms with Crippen molar-refractivity contribution < 1.29 is 14.3 Å². The summed E-state index contributed by atoms with van der Waals surface area (Å²) in [5.74, 6) is 0.289. The average Bonchev–Trinajstić information content (AvgIpc) is 2.65. The number of Topliss-reactive ketones (excluding diaryl/α,β-unsaturated/α-hetero) is 1. The Kier molecular flexibility index (Phi) is 2.87. The lowest BCUT2D eigenvalue weighted by molar-refractivity contribution is -0.121. The lowest BCUT2D eigenvalue weighted by Gasteiger charge is -2.17. The van der Waals surface area contributed by atoms with Crippen LogP contribution < -0.4 is 0 Å². The van der Waals surface area contributed by atoms with Crippen LogP contribution in [0.25, 0.3) is 0 Å². The van der Waals surface area contributed by atoms with Gasteiger partial charge in [0.05, 0.1) is 24.9 Å². The molecule has 2 heterocycles. The van der Waals surface area contributed by atoms with Crippen LogP contribution in [0, 0.1) is 5.92 Å². The fourth-order valence-corrected chi connectivity index (χ4v) is 2.06. The molecule has 14 heavy (non-hydrogen) atoms. The second-order valence-corrected chi connectivity index (χ2v) is 3.95. The highest BCUT2D eigenvalue weighted by Gasteiger charge is 2.32. The Morgan fingerprint density at radius 1 is 1.50 bits per heavy atom. The summed E-state index contributed by atoms with van der Waals surface area (Å²) in [5, 5.41) is 0. The largest absolute Gasteiger partial charge is 0.501 e. The maximum absolute atomic E-state index is 12.0. The van der Waals surface area contributed by atoms with E-state index in [9.17, 15) is 4.79 Å². The fraction of sp³-hybridized carbons (Fsp3) is 0.727. The Hall–Kier alpha value is -0.830. The molecule has 0 bridgehead atoms. The summed E-state index contributed by atoms with van der Waals surface area (Å²) in [4.78, 5) is 12.0. The monoisotopic (exact) mass is 196 g/mol. The molecule has 2 atom stereocenters. The van der Waals surface area contributed by atoms with Crippen LogP contribution in [0.2, 0.25) is 0 Å². The van der Waals surface area contributed by atoms with E-state index < -0.39 is 0 Å². The van der Waals surface area contributed by atoms with Crippen molar-refractivity contribution in [3.8, 4) is 0 Å². The lowest BCUT2D eigenvalue weighted by Crippen LogP contribution is -2.24. The smallest absolute Gasteiger partial charge is 0.167 e. The quantitative estimate of drug-likeness (QED) is 0.674. The molecule has 0 spiro atoms. The van der Waals surface area contributed by atoms with Crippen molar-refractivity contribution in [3.05, 3.63) is 11.8 Å². The number of rotatable bonds is 2. The molecule has 3 heteroatoms. The molecule has 0 aromatic carbocycles. The molecule has 2 aliphatic rings. The van der Waals surface area contributed by atoms with Gasteiger partial charge in [-0.3, -0.25) is 4.79 Å². The Bertz CT molecular complexity index is 257. The molecular weight excluding hydrogens is 180 g/mol. The molecule has 1 saturated heterocycles. The van der Waals surface area contributed by atoms with Crippen molar-refractivity contribution in [2.75, 3.05) is 13.2 Å². The minimum atomic E-state index is 0.0583. The van der Waals surface area contributed by atoms with Crippen LogP contribution in [0.15, 0.2) is 11.8 Å². The van der Waals surface area contributed by atoms with Gasteiger partial charge in [-0.15, -0.1) is 0 Å². The second kappa shape index (κ2) is 4.13. The summed E-state index contributed by atoms with van der Waals surface area (Å²) in [5.41, 5.74) is 0.846. The fourth-order valence-electron chi connectivity index (χ4n) is 2.06. The van der Waals surface area contributed by atoms with Gasteiger partial charge in [-0.1, -0.05) is 0 Å². The van der Waals surface area contributed by atoms with Gasteiger partial charge in [0.1, 0.15) is 0 Å². The van der Waals surface area contributed by atoms with Gasteiger partial charge in [0.2, 0.25) is 0 Å². The highest BCUT2D eigenvalue weighted by atomic mass is 16.5. The molecule has 78 valence electrons. The van der Waals surface area contributed by atoms with E-state index in [-0.39, 0.29) is 17.8 Å². The van der Waals surface area contributed by atoms with Gasteiger partial charge in [0.25, 0.3) is 0 Å². The topological polar surface area (TPSA) is 35.5 Å². The zero-order valence-corrected chi connectivity index (χ0v) is 8.49. The van der Waals surface area contributed by atoms with Crippen molar-refractivity contribution in [1.82, 2.24) is 0 Å². The van der Waals surface area contributed by atoms with Crippen LogP contribution in [-0.2, 0) is 14.3 Å². The minimum absolute atomic E-state index is 0.0583. The summed E-state index contributed by atoms with van der Waals surface area (Å²) in [6, 6.07) is 0. The molecule has 0 aromatic heterocycles. The molecule has 1 fully saturated rings. The number of ether oxygens (including phenoxy) is 2. The highest BCUT2D eigenvalue weighted by molar-refractivity contribution is 5.97. The summed E-state index contributed by atoms with van der Waals surface area (Å²) < 4.78 is 10.6. The Balaban J connectivity index is 2.03. The molecule has 0 amide bonds. The first kappa shape index (κ1) is 9.71. The van der Waals surface area contributed by atoms with Gasteiger partial charge in [-0.2, -0.15) is 0 Å². The average molecular weight is 196 g/mol. The van der Waals surface area contributed by atoms with E-state index >= 15 is 0 Å². The zero-order valence-electron chi connectivity index (χ0n) is 8.49. The van der Waals surface area contributed by atoms with Gasteiger partial charge in [-0.25, -0.2) is 0 Å². The Labute approximate surface area is 84.1 Å². The van der Waals surface area contributed by atoms with E-state index in [2.05, 4.69) is 0 Å². The lowest BCUT2D eigenvalue weighted by atomic mass is 9.90.